The van der Waals surface area contributed by atoms with Crippen LogP contribution in [-0.2, 0) is 4.79 Å². The number of rotatable bonds is 7. The van der Waals surface area contributed by atoms with Gasteiger partial charge in [0.25, 0.3) is 0 Å². The van der Waals surface area contributed by atoms with Crippen molar-refractivity contribution in [1.82, 2.24) is 0 Å². The SMILES string of the molecule is CCOc1cccc(/C(=C/c2cc(OC)ccc2OC)C(=O)O)c1. The monoisotopic (exact) mass is 328 g/mol. The fourth-order valence-corrected chi connectivity index (χ4v) is 2.30. The molecular formula is C19H20O5. The van der Waals surface area contributed by atoms with Crippen LogP contribution in [0, 0.1) is 0 Å². The Hall–Kier alpha value is -2.95. The number of hydrogen-bond acceptors (Lipinski definition) is 4. The lowest BCUT2D eigenvalue weighted by Crippen LogP contribution is -2.01. The molecule has 2 rings (SSSR count). The molecule has 0 aliphatic carbocycles. The second kappa shape index (κ2) is 8.06. The molecule has 0 amide bonds. The van der Waals surface area contributed by atoms with Gasteiger partial charge in [0.05, 0.1) is 26.4 Å². The van der Waals surface area contributed by atoms with Crippen LogP contribution < -0.4 is 14.2 Å². The molecular weight excluding hydrogens is 308 g/mol. The van der Waals surface area contributed by atoms with Gasteiger partial charge in [-0.1, -0.05) is 12.1 Å². The summed E-state index contributed by atoms with van der Waals surface area (Å²) in [5.74, 6) is 0.777. The summed E-state index contributed by atoms with van der Waals surface area (Å²) in [6, 6.07) is 12.2. The number of carbonyl (C=O) groups is 1. The van der Waals surface area contributed by atoms with Crippen molar-refractivity contribution in [3.63, 3.8) is 0 Å². The lowest BCUT2D eigenvalue weighted by molar-refractivity contribution is -0.130. The molecule has 0 heterocycles. The lowest BCUT2D eigenvalue weighted by atomic mass is 10.0. The average molecular weight is 328 g/mol. The molecule has 1 N–H and O–H groups in total. The molecule has 5 nitrogen and oxygen atoms in total. The topological polar surface area (TPSA) is 65.0 Å². The summed E-state index contributed by atoms with van der Waals surface area (Å²) in [5.41, 5.74) is 1.32. The molecule has 0 aliphatic rings. The third-order valence-corrected chi connectivity index (χ3v) is 3.42. The summed E-state index contributed by atoms with van der Waals surface area (Å²) in [6.07, 6.45) is 1.56. The summed E-state index contributed by atoms with van der Waals surface area (Å²) in [7, 11) is 3.09. The van der Waals surface area contributed by atoms with Crippen molar-refractivity contribution in [2.45, 2.75) is 6.92 Å². The standard InChI is InChI=1S/C19H20O5/c1-4-24-16-7-5-6-13(10-16)17(19(20)21)12-14-11-15(22-2)8-9-18(14)23-3/h5-12H,4H2,1-3H3,(H,20,21)/b17-12-. The van der Waals surface area contributed by atoms with E-state index in [4.69, 9.17) is 14.2 Å². The third kappa shape index (κ3) is 4.07. The van der Waals surface area contributed by atoms with Crippen LogP contribution in [0.5, 0.6) is 17.2 Å². The van der Waals surface area contributed by atoms with Crippen molar-refractivity contribution in [3.8, 4) is 17.2 Å². The number of carboxylic acid groups (broad SMARTS) is 1. The van der Waals surface area contributed by atoms with E-state index in [-0.39, 0.29) is 5.57 Å². The van der Waals surface area contributed by atoms with Crippen molar-refractivity contribution in [2.75, 3.05) is 20.8 Å². The van der Waals surface area contributed by atoms with E-state index < -0.39 is 5.97 Å². The van der Waals surface area contributed by atoms with Gasteiger partial charge in [0.2, 0.25) is 0 Å². The number of hydrogen-bond donors (Lipinski definition) is 1. The van der Waals surface area contributed by atoms with Crippen molar-refractivity contribution < 1.29 is 24.1 Å². The van der Waals surface area contributed by atoms with Crippen molar-refractivity contribution in [1.29, 1.82) is 0 Å². The van der Waals surface area contributed by atoms with E-state index in [1.165, 1.54) is 7.11 Å². The van der Waals surface area contributed by atoms with Crippen LogP contribution in [0.1, 0.15) is 18.1 Å². The lowest BCUT2D eigenvalue weighted by Gasteiger charge is -2.10. The van der Waals surface area contributed by atoms with Gasteiger partial charge in [0.15, 0.2) is 0 Å². The van der Waals surface area contributed by atoms with Crippen LogP contribution in [0.3, 0.4) is 0 Å². The molecule has 2 aromatic rings. The van der Waals surface area contributed by atoms with Crippen molar-refractivity contribution in [2.24, 2.45) is 0 Å². The molecule has 0 unspecified atom stereocenters. The van der Waals surface area contributed by atoms with Crippen LogP contribution in [0.25, 0.3) is 11.6 Å². The normalized spacial score (nSPS) is 11.0. The van der Waals surface area contributed by atoms with Crippen LogP contribution in [0.4, 0.5) is 0 Å². The molecule has 2 aromatic carbocycles. The van der Waals surface area contributed by atoms with Crippen LogP contribution in [-0.4, -0.2) is 31.9 Å². The summed E-state index contributed by atoms with van der Waals surface area (Å²) in [5, 5.41) is 9.62. The first-order valence-corrected chi connectivity index (χ1v) is 7.49. The highest BCUT2D eigenvalue weighted by Crippen LogP contribution is 2.29. The number of methoxy groups -OCH3 is 2. The maximum Gasteiger partial charge on any atom is 0.336 e. The Kier molecular flexibility index (Phi) is 5.84. The average Bonchev–Trinajstić information content (AvgIpc) is 2.59. The molecule has 0 aromatic heterocycles. The Labute approximate surface area is 141 Å². The Balaban J connectivity index is 2.53. The third-order valence-electron chi connectivity index (χ3n) is 3.42. The minimum atomic E-state index is -1.03. The predicted octanol–water partition coefficient (Wildman–Crippen LogP) is 3.73. The fraction of sp³-hybridized carbons (Fsp3) is 0.211. The van der Waals surface area contributed by atoms with Gasteiger partial charge in [-0.25, -0.2) is 4.79 Å². The summed E-state index contributed by atoms with van der Waals surface area (Å²) < 4.78 is 15.9. The molecule has 0 aliphatic heterocycles. The van der Waals surface area contributed by atoms with E-state index in [1.807, 2.05) is 6.92 Å². The van der Waals surface area contributed by atoms with Crippen LogP contribution in [0.2, 0.25) is 0 Å². The number of carboxylic acids is 1. The van der Waals surface area contributed by atoms with Gasteiger partial charge in [0.1, 0.15) is 17.2 Å². The highest BCUT2D eigenvalue weighted by molar-refractivity contribution is 6.20. The molecule has 0 saturated heterocycles. The van der Waals surface area contributed by atoms with Gasteiger partial charge in [-0.3, -0.25) is 0 Å². The van der Waals surface area contributed by atoms with E-state index in [9.17, 15) is 9.90 Å². The summed E-state index contributed by atoms with van der Waals surface area (Å²) in [6.45, 7) is 2.39. The fourth-order valence-electron chi connectivity index (χ4n) is 2.30. The molecule has 0 radical (unpaired) electrons. The van der Waals surface area contributed by atoms with Gasteiger partial charge < -0.3 is 19.3 Å². The number of benzene rings is 2. The van der Waals surface area contributed by atoms with Crippen LogP contribution >= 0.6 is 0 Å². The molecule has 126 valence electrons. The minimum Gasteiger partial charge on any atom is -0.497 e. The van der Waals surface area contributed by atoms with E-state index in [0.717, 1.165) is 0 Å². The van der Waals surface area contributed by atoms with E-state index >= 15 is 0 Å². The Morgan fingerprint density at radius 1 is 1.08 bits per heavy atom. The Morgan fingerprint density at radius 2 is 1.88 bits per heavy atom. The smallest absolute Gasteiger partial charge is 0.336 e. The van der Waals surface area contributed by atoms with Crippen molar-refractivity contribution >= 4 is 17.6 Å². The molecule has 5 heteroatoms. The van der Waals surface area contributed by atoms with E-state index in [0.29, 0.717) is 35.0 Å². The molecule has 0 fully saturated rings. The summed E-state index contributed by atoms with van der Waals surface area (Å²) >= 11 is 0. The molecule has 0 atom stereocenters. The zero-order chi connectivity index (χ0) is 17.5. The first-order chi connectivity index (χ1) is 11.6. The highest BCUT2D eigenvalue weighted by atomic mass is 16.5. The molecule has 24 heavy (non-hydrogen) atoms. The minimum absolute atomic E-state index is 0.142. The van der Waals surface area contributed by atoms with Gasteiger partial charge in [-0.15, -0.1) is 0 Å². The Bertz CT molecular complexity index is 749. The van der Waals surface area contributed by atoms with Gasteiger partial charge in [-0.05, 0) is 48.9 Å². The first-order valence-electron chi connectivity index (χ1n) is 7.49. The molecule has 0 bridgehead atoms. The van der Waals surface area contributed by atoms with Crippen LogP contribution in [0.15, 0.2) is 42.5 Å². The van der Waals surface area contributed by atoms with Gasteiger partial charge in [0, 0.05) is 5.56 Å². The maximum absolute atomic E-state index is 11.7. The van der Waals surface area contributed by atoms with Gasteiger partial charge >= 0.3 is 5.97 Å². The van der Waals surface area contributed by atoms with E-state index in [1.54, 1.807) is 55.7 Å². The highest BCUT2D eigenvalue weighted by Gasteiger charge is 2.13. The molecule has 0 saturated carbocycles. The first kappa shape index (κ1) is 17.4. The Morgan fingerprint density at radius 3 is 2.50 bits per heavy atom. The second-order valence-electron chi connectivity index (χ2n) is 4.93. The van der Waals surface area contributed by atoms with E-state index in [2.05, 4.69) is 0 Å². The quantitative estimate of drug-likeness (QED) is 0.620. The zero-order valence-corrected chi connectivity index (χ0v) is 13.9. The largest absolute Gasteiger partial charge is 0.497 e. The number of aliphatic carboxylic acids is 1. The predicted molar refractivity (Wildman–Crippen MR) is 92.7 cm³/mol. The zero-order valence-electron chi connectivity index (χ0n) is 13.9. The van der Waals surface area contributed by atoms with Crippen molar-refractivity contribution in [3.05, 3.63) is 53.6 Å². The summed E-state index contributed by atoms with van der Waals surface area (Å²) in [4.78, 5) is 11.7. The second-order valence-corrected chi connectivity index (χ2v) is 4.93. The number of ether oxygens (including phenoxy) is 3. The maximum atomic E-state index is 11.7. The molecule has 0 spiro atoms. The van der Waals surface area contributed by atoms with Gasteiger partial charge in [-0.2, -0.15) is 0 Å².